The fraction of sp³-hybridized carbons (Fsp3) is 0.167. The van der Waals surface area contributed by atoms with Crippen molar-refractivity contribution in [3.63, 3.8) is 0 Å². The zero-order valence-electron chi connectivity index (χ0n) is 16.0. The van der Waals surface area contributed by atoms with Gasteiger partial charge in [-0.2, -0.15) is 0 Å². The van der Waals surface area contributed by atoms with E-state index < -0.39 is 0 Å². The highest BCUT2D eigenvalue weighted by Gasteiger charge is 2.12. The second-order valence-electron chi connectivity index (χ2n) is 6.65. The number of benzene rings is 3. The topological polar surface area (TPSA) is 55.4 Å². The van der Waals surface area contributed by atoms with Crippen LogP contribution >= 0.6 is 0 Å². The highest BCUT2D eigenvalue weighted by Crippen LogP contribution is 2.17. The zero-order chi connectivity index (χ0) is 19.9. The van der Waals surface area contributed by atoms with E-state index in [1.165, 1.54) is 0 Å². The van der Waals surface area contributed by atoms with Crippen LogP contribution in [-0.4, -0.2) is 18.3 Å². The molecule has 142 valence electrons. The monoisotopic (exact) mass is 373 g/mol. The smallest absolute Gasteiger partial charge is 0.258 e. The summed E-state index contributed by atoms with van der Waals surface area (Å²) >= 11 is 0. The Morgan fingerprint density at radius 2 is 1.46 bits per heavy atom. The molecule has 0 heterocycles. The largest absolute Gasteiger partial charge is 0.484 e. The van der Waals surface area contributed by atoms with Crippen LogP contribution in [-0.2, 0) is 4.79 Å². The first kappa shape index (κ1) is 19.4. The van der Waals surface area contributed by atoms with Gasteiger partial charge in [0.2, 0.25) is 0 Å². The van der Waals surface area contributed by atoms with Crippen molar-refractivity contribution in [3.05, 3.63) is 101 Å². The van der Waals surface area contributed by atoms with E-state index >= 15 is 0 Å². The Kier molecular flexibility index (Phi) is 6.22. The Bertz CT molecular complexity index is 949. The number of carbonyl (C=O) groups is 2. The van der Waals surface area contributed by atoms with E-state index in [4.69, 9.17) is 4.74 Å². The third-order valence-electron chi connectivity index (χ3n) is 4.55. The summed E-state index contributed by atoms with van der Waals surface area (Å²) < 4.78 is 5.55. The van der Waals surface area contributed by atoms with Crippen molar-refractivity contribution in [3.8, 4) is 5.75 Å². The molecule has 1 N–H and O–H groups in total. The first-order valence-electron chi connectivity index (χ1n) is 9.22. The minimum absolute atomic E-state index is 0.0445. The number of carbonyl (C=O) groups excluding carboxylic acids is 2. The quantitative estimate of drug-likeness (QED) is 0.621. The van der Waals surface area contributed by atoms with Crippen molar-refractivity contribution in [2.45, 2.75) is 19.9 Å². The third-order valence-corrected chi connectivity index (χ3v) is 4.55. The van der Waals surface area contributed by atoms with Crippen LogP contribution < -0.4 is 10.1 Å². The maximum atomic E-state index is 12.4. The molecule has 0 aromatic heterocycles. The van der Waals surface area contributed by atoms with E-state index in [0.717, 1.165) is 11.1 Å². The Hall–Kier alpha value is -3.40. The van der Waals surface area contributed by atoms with Gasteiger partial charge in [0.05, 0.1) is 6.04 Å². The molecule has 4 heteroatoms. The van der Waals surface area contributed by atoms with Crippen LogP contribution in [0.3, 0.4) is 0 Å². The maximum absolute atomic E-state index is 12.4. The van der Waals surface area contributed by atoms with E-state index in [0.29, 0.717) is 16.9 Å². The summed E-state index contributed by atoms with van der Waals surface area (Å²) in [7, 11) is 0. The lowest BCUT2D eigenvalue weighted by Crippen LogP contribution is -2.31. The van der Waals surface area contributed by atoms with Gasteiger partial charge in [0.15, 0.2) is 12.4 Å². The van der Waals surface area contributed by atoms with Gasteiger partial charge < -0.3 is 10.1 Å². The molecule has 0 aliphatic heterocycles. The zero-order valence-corrected chi connectivity index (χ0v) is 16.0. The van der Waals surface area contributed by atoms with Gasteiger partial charge in [-0.3, -0.25) is 9.59 Å². The highest BCUT2D eigenvalue weighted by molar-refractivity contribution is 6.08. The second kappa shape index (κ2) is 9.00. The van der Waals surface area contributed by atoms with Crippen molar-refractivity contribution in [2.24, 2.45) is 0 Å². The number of hydrogen-bond acceptors (Lipinski definition) is 3. The molecule has 3 aromatic carbocycles. The molecule has 1 atom stereocenters. The molecule has 0 radical (unpaired) electrons. The van der Waals surface area contributed by atoms with Gasteiger partial charge in [0.25, 0.3) is 5.91 Å². The summed E-state index contributed by atoms with van der Waals surface area (Å²) in [4.78, 5) is 24.6. The van der Waals surface area contributed by atoms with Crippen LogP contribution in [0.1, 0.15) is 40.0 Å². The summed E-state index contributed by atoms with van der Waals surface area (Å²) in [6, 6.07) is 23.8. The Morgan fingerprint density at radius 1 is 0.857 bits per heavy atom. The Morgan fingerprint density at radius 3 is 2.14 bits per heavy atom. The van der Waals surface area contributed by atoms with Gasteiger partial charge in [-0.05, 0) is 49.2 Å². The van der Waals surface area contributed by atoms with E-state index in [2.05, 4.69) is 5.32 Å². The molecule has 0 aliphatic rings. The van der Waals surface area contributed by atoms with Crippen LogP contribution in [0.15, 0.2) is 78.9 Å². The van der Waals surface area contributed by atoms with Crippen LogP contribution in [0.2, 0.25) is 0 Å². The predicted octanol–water partition coefficient (Wildman–Crippen LogP) is 4.48. The van der Waals surface area contributed by atoms with Gasteiger partial charge in [0.1, 0.15) is 5.75 Å². The van der Waals surface area contributed by atoms with Crippen LogP contribution in [0.25, 0.3) is 0 Å². The van der Waals surface area contributed by atoms with Gasteiger partial charge in [-0.1, -0.05) is 54.6 Å². The summed E-state index contributed by atoms with van der Waals surface area (Å²) in [6.45, 7) is 3.89. The SMILES string of the molecule is Cc1ccccc1[C@@H](C)NC(=O)COc1ccc(C(=O)c2ccccc2)cc1. The number of nitrogens with one attached hydrogen (secondary N) is 1. The van der Waals surface area contributed by atoms with Gasteiger partial charge in [-0.25, -0.2) is 0 Å². The molecule has 0 fully saturated rings. The summed E-state index contributed by atoms with van der Waals surface area (Å²) in [5.74, 6) is 0.306. The Labute approximate surface area is 165 Å². The average Bonchev–Trinajstić information content (AvgIpc) is 2.73. The molecule has 0 spiro atoms. The normalized spacial score (nSPS) is 11.5. The summed E-state index contributed by atoms with van der Waals surface area (Å²) in [5.41, 5.74) is 3.44. The fourth-order valence-electron chi connectivity index (χ4n) is 3.04. The van der Waals surface area contributed by atoms with Crippen LogP contribution in [0.5, 0.6) is 5.75 Å². The van der Waals surface area contributed by atoms with E-state index in [-0.39, 0.29) is 24.3 Å². The number of ketones is 1. The molecule has 0 saturated heterocycles. The lowest BCUT2D eigenvalue weighted by atomic mass is 10.0. The number of ether oxygens (including phenoxy) is 1. The second-order valence-corrected chi connectivity index (χ2v) is 6.65. The molecule has 3 rings (SSSR count). The van der Waals surface area contributed by atoms with E-state index in [9.17, 15) is 9.59 Å². The van der Waals surface area contributed by atoms with Gasteiger partial charge >= 0.3 is 0 Å². The lowest BCUT2D eigenvalue weighted by Gasteiger charge is -2.16. The number of hydrogen-bond donors (Lipinski definition) is 1. The summed E-state index contributed by atoms with van der Waals surface area (Å²) in [5, 5.41) is 2.94. The number of amides is 1. The molecule has 3 aromatic rings. The van der Waals surface area contributed by atoms with Crippen molar-refractivity contribution in [1.82, 2.24) is 5.32 Å². The van der Waals surface area contributed by atoms with Gasteiger partial charge in [-0.15, -0.1) is 0 Å². The molecular weight excluding hydrogens is 350 g/mol. The predicted molar refractivity (Wildman–Crippen MR) is 110 cm³/mol. The minimum Gasteiger partial charge on any atom is -0.484 e. The van der Waals surface area contributed by atoms with Crippen molar-refractivity contribution < 1.29 is 14.3 Å². The Balaban J connectivity index is 1.54. The number of rotatable bonds is 7. The van der Waals surface area contributed by atoms with E-state index in [1.54, 1.807) is 36.4 Å². The van der Waals surface area contributed by atoms with E-state index in [1.807, 2.05) is 56.3 Å². The maximum Gasteiger partial charge on any atom is 0.258 e. The molecule has 0 saturated carbocycles. The molecule has 1 amide bonds. The van der Waals surface area contributed by atoms with Crippen LogP contribution in [0.4, 0.5) is 0 Å². The molecular formula is C24H23NO3. The standard InChI is InChI=1S/C24H23NO3/c1-17-8-6-7-11-22(17)18(2)25-23(26)16-28-21-14-12-20(13-15-21)24(27)19-9-4-3-5-10-19/h3-15,18H,16H2,1-2H3,(H,25,26)/t18-/m1/s1. The van der Waals surface area contributed by atoms with Crippen molar-refractivity contribution in [1.29, 1.82) is 0 Å². The van der Waals surface area contributed by atoms with Gasteiger partial charge in [0, 0.05) is 11.1 Å². The minimum atomic E-state index is -0.194. The average molecular weight is 373 g/mol. The first-order chi connectivity index (χ1) is 13.5. The molecule has 0 bridgehead atoms. The molecule has 0 unspecified atom stereocenters. The number of aryl methyl sites for hydroxylation is 1. The molecule has 28 heavy (non-hydrogen) atoms. The first-order valence-corrected chi connectivity index (χ1v) is 9.22. The molecule has 4 nitrogen and oxygen atoms in total. The third kappa shape index (κ3) is 4.86. The highest BCUT2D eigenvalue weighted by atomic mass is 16.5. The molecule has 0 aliphatic carbocycles. The van der Waals surface area contributed by atoms with Crippen molar-refractivity contribution in [2.75, 3.05) is 6.61 Å². The van der Waals surface area contributed by atoms with Crippen molar-refractivity contribution >= 4 is 11.7 Å². The van der Waals surface area contributed by atoms with Crippen LogP contribution in [0, 0.1) is 6.92 Å². The lowest BCUT2D eigenvalue weighted by molar-refractivity contribution is -0.123. The summed E-state index contributed by atoms with van der Waals surface area (Å²) in [6.07, 6.45) is 0. The fourth-order valence-corrected chi connectivity index (χ4v) is 3.04.